The van der Waals surface area contributed by atoms with Gasteiger partial charge in [-0.05, 0) is 79.8 Å². The maximum Gasteiger partial charge on any atom is 0.223 e. The van der Waals surface area contributed by atoms with Gasteiger partial charge in [0.05, 0.1) is 13.0 Å². The first-order valence-corrected chi connectivity index (χ1v) is 13.7. The SMILES string of the molecule is Cc1ccc(OCCC(=O)NC(Cc2ccc(OCCOc3ccc(O)cc3)cc2)CC2CCCC2)cc1. The minimum atomic E-state index is 0.0358. The first-order valence-electron chi connectivity index (χ1n) is 13.7. The van der Waals surface area contributed by atoms with Crippen LogP contribution in [-0.4, -0.2) is 36.9 Å². The van der Waals surface area contributed by atoms with Gasteiger partial charge in [0.1, 0.15) is 36.2 Å². The van der Waals surface area contributed by atoms with Gasteiger partial charge in [0.15, 0.2) is 0 Å². The lowest BCUT2D eigenvalue weighted by atomic mass is 9.93. The summed E-state index contributed by atoms with van der Waals surface area (Å²) in [5.74, 6) is 3.20. The number of aromatic hydroxyl groups is 1. The van der Waals surface area contributed by atoms with E-state index in [1.54, 1.807) is 24.3 Å². The van der Waals surface area contributed by atoms with Crippen LogP contribution in [0.25, 0.3) is 0 Å². The van der Waals surface area contributed by atoms with Crippen molar-refractivity contribution in [2.45, 2.75) is 57.9 Å². The lowest BCUT2D eigenvalue weighted by Crippen LogP contribution is -2.38. The zero-order valence-corrected chi connectivity index (χ0v) is 22.2. The summed E-state index contributed by atoms with van der Waals surface area (Å²) in [6.45, 7) is 3.24. The summed E-state index contributed by atoms with van der Waals surface area (Å²) < 4.78 is 17.2. The molecule has 6 heteroatoms. The number of phenolic OH excluding ortho intramolecular Hbond substituents is 1. The van der Waals surface area contributed by atoms with Crippen molar-refractivity contribution in [3.63, 3.8) is 0 Å². The number of hydrogen-bond donors (Lipinski definition) is 2. The molecule has 3 aromatic rings. The first kappa shape index (κ1) is 27.4. The van der Waals surface area contributed by atoms with E-state index in [1.807, 2.05) is 43.3 Å². The zero-order valence-electron chi connectivity index (χ0n) is 22.2. The maximum absolute atomic E-state index is 12.7. The molecule has 1 saturated carbocycles. The van der Waals surface area contributed by atoms with E-state index in [9.17, 15) is 9.90 Å². The van der Waals surface area contributed by atoms with Crippen molar-refractivity contribution >= 4 is 5.91 Å². The molecule has 3 aromatic carbocycles. The molecule has 1 aliphatic rings. The highest BCUT2D eigenvalue weighted by molar-refractivity contribution is 5.76. The van der Waals surface area contributed by atoms with Gasteiger partial charge in [-0.1, -0.05) is 55.5 Å². The molecule has 1 unspecified atom stereocenters. The van der Waals surface area contributed by atoms with Crippen molar-refractivity contribution < 1.29 is 24.1 Å². The minimum Gasteiger partial charge on any atom is -0.508 e. The summed E-state index contributed by atoms with van der Waals surface area (Å²) in [4.78, 5) is 12.7. The molecule has 0 aromatic heterocycles. The summed E-state index contributed by atoms with van der Waals surface area (Å²) >= 11 is 0. The molecule has 38 heavy (non-hydrogen) atoms. The van der Waals surface area contributed by atoms with Gasteiger partial charge in [-0.2, -0.15) is 0 Å². The molecule has 1 aliphatic carbocycles. The number of rotatable bonds is 14. The number of amides is 1. The Morgan fingerprint density at radius 2 is 1.34 bits per heavy atom. The third-order valence-corrected chi connectivity index (χ3v) is 6.94. The van der Waals surface area contributed by atoms with Crippen LogP contribution in [0, 0.1) is 12.8 Å². The Bertz CT molecular complexity index is 1110. The number of phenols is 1. The van der Waals surface area contributed by atoms with Crippen molar-refractivity contribution in [3.8, 4) is 23.0 Å². The van der Waals surface area contributed by atoms with Gasteiger partial charge >= 0.3 is 0 Å². The molecule has 1 fully saturated rings. The average Bonchev–Trinajstić information content (AvgIpc) is 3.43. The second-order valence-electron chi connectivity index (χ2n) is 10.1. The third-order valence-electron chi connectivity index (χ3n) is 6.94. The highest BCUT2D eigenvalue weighted by Gasteiger charge is 2.22. The molecule has 4 rings (SSSR count). The highest BCUT2D eigenvalue weighted by Crippen LogP contribution is 2.29. The van der Waals surface area contributed by atoms with Gasteiger partial charge in [-0.15, -0.1) is 0 Å². The summed E-state index contributed by atoms with van der Waals surface area (Å²) in [6.07, 6.45) is 7.23. The maximum atomic E-state index is 12.7. The summed E-state index contributed by atoms with van der Waals surface area (Å²) in [5, 5.41) is 12.6. The van der Waals surface area contributed by atoms with Crippen LogP contribution < -0.4 is 19.5 Å². The van der Waals surface area contributed by atoms with E-state index in [1.165, 1.54) is 36.8 Å². The Morgan fingerprint density at radius 3 is 1.95 bits per heavy atom. The molecule has 0 spiro atoms. The first-order chi connectivity index (χ1) is 18.5. The van der Waals surface area contributed by atoms with Gasteiger partial charge in [-0.3, -0.25) is 4.79 Å². The van der Waals surface area contributed by atoms with E-state index in [-0.39, 0.29) is 17.7 Å². The molecule has 0 aliphatic heterocycles. The lowest BCUT2D eigenvalue weighted by Gasteiger charge is -2.22. The third kappa shape index (κ3) is 9.33. The number of carbonyl (C=O) groups excluding carboxylic acids is 1. The number of aryl methyl sites for hydroxylation is 1. The van der Waals surface area contributed by atoms with Crippen LogP contribution in [0.15, 0.2) is 72.8 Å². The van der Waals surface area contributed by atoms with E-state index in [0.29, 0.717) is 37.9 Å². The monoisotopic (exact) mass is 517 g/mol. The van der Waals surface area contributed by atoms with Crippen LogP contribution in [0.4, 0.5) is 0 Å². The Hall–Kier alpha value is -3.67. The van der Waals surface area contributed by atoms with E-state index in [4.69, 9.17) is 14.2 Å². The highest BCUT2D eigenvalue weighted by atomic mass is 16.5. The van der Waals surface area contributed by atoms with E-state index >= 15 is 0 Å². The average molecular weight is 518 g/mol. The van der Waals surface area contributed by atoms with Crippen LogP contribution >= 0.6 is 0 Å². The summed E-state index contributed by atoms with van der Waals surface area (Å²) in [5.41, 5.74) is 2.36. The van der Waals surface area contributed by atoms with Gasteiger partial charge < -0.3 is 24.6 Å². The number of nitrogens with one attached hydrogen (secondary N) is 1. The van der Waals surface area contributed by atoms with Crippen molar-refractivity contribution in [2.75, 3.05) is 19.8 Å². The van der Waals surface area contributed by atoms with E-state index < -0.39 is 0 Å². The van der Waals surface area contributed by atoms with Crippen LogP contribution in [0.2, 0.25) is 0 Å². The quantitative estimate of drug-likeness (QED) is 0.248. The van der Waals surface area contributed by atoms with Crippen molar-refractivity contribution in [2.24, 2.45) is 5.92 Å². The Balaban J connectivity index is 1.22. The van der Waals surface area contributed by atoms with Gasteiger partial charge in [-0.25, -0.2) is 0 Å². The van der Waals surface area contributed by atoms with Crippen LogP contribution in [0.3, 0.4) is 0 Å². The number of ether oxygens (including phenoxy) is 3. The van der Waals surface area contributed by atoms with Gasteiger partial charge in [0.2, 0.25) is 5.91 Å². The predicted molar refractivity (Wildman–Crippen MR) is 149 cm³/mol. The summed E-state index contributed by atoms with van der Waals surface area (Å²) in [6, 6.07) is 22.7. The molecular weight excluding hydrogens is 478 g/mol. The number of hydrogen-bond acceptors (Lipinski definition) is 5. The standard InChI is InChI=1S/C32H39NO5/c1-24-6-12-29(13-7-24)36-19-18-32(35)33-27(22-25-4-2-3-5-25)23-26-8-14-30(15-9-26)37-20-21-38-31-16-10-28(34)11-17-31/h6-17,25,27,34H,2-5,18-23H2,1H3,(H,33,35). The molecule has 0 saturated heterocycles. The van der Waals surface area contributed by atoms with Crippen molar-refractivity contribution in [3.05, 3.63) is 83.9 Å². The van der Waals surface area contributed by atoms with Crippen molar-refractivity contribution in [1.29, 1.82) is 0 Å². The number of carbonyl (C=O) groups is 1. The lowest BCUT2D eigenvalue weighted by molar-refractivity contribution is -0.122. The Morgan fingerprint density at radius 1 is 0.816 bits per heavy atom. The molecule has 6 nitrogen and oxygen atoms in total. The number of benzene rings is 3. The Kier molecular flexibility index (Phi) is 10.3. The predicted octanol–water partition coefficient (Wildman–Crippen LogP) is 6.24. The second-order valence-corrected chi connectivity index (χ2v) is 10.1. The molecule has 1 atom stereocenters. The molecule has 0 bridgehead atoms. The molecule has 2 N–H and O–H groups in total. The smallest absolute Gasteiger partial charge is 0.223 e. The van der Waals surface area contributed by atoms with Crippen LogP contribution in [-0.2, 0) is 11.2 Å². The molecular formula is C32H39NO5. The second kappa shape index (κ2) is 14.3. The molecule has 0 heterocycles. The minimum absolute atomic E-state index is 0.0358. The fourth-order valence-electron chi connectivity index (χ4n) is 4.91. The fraction of sp³-hybridized carbons (Fsp3) is 0.406. The van der Waals surface area contributed by atoms with Gasteiger partial charge in [0, 0.05) is 6.04 Å². The zero-order chi connectivity index (χ0) is 26.6. The Labute approximate surface area is 225 Å². The molecule has 1 amide bonds. The molecule has 0 radical (unpaired) electrons. The summed E-state index contributed by atoms with van der Waals surface area (Å²) in [7, 11) is 0. The van der Waals surface area contributed by atoms with E-state index in [2.05, 4.69) is 17.4 Å². The van der Waals surface area contributed by atoms with Crippen LogP contribution in [0.1, 0.15) is 49.7 Å². The van der Waals surface area contributed by atoms with Gasteiger partial charge in [0.25, 0.3) is 0 Å². The fourth-order valence-corrected chi connectivity index (χ4v) is 4.91. The topological polar surface area (TPSA) is 77.0 Å². The van der Waals surface area contributed by atoms with E-state index in [0.717, 1.165) is 24.3 Å². The normalized spacial score (nSPS) is 14.1. The molecule has 202 valence electrons. The van der Waals surface area contributed by atoms with Crippen LogP contribution in [0.5, 0.6) is 23.0 Å². The largest absolute Gasteiger partial charge is 0.508 e. The van der Waals surface area contributed by atoms with Crippen molar-refractivity contribution in [1.82, 2.24) is 5.32 Å².